The lowest BCUT2D eigenvalue weighted by Crippen LogP contribution is -2.37. The van der Waals surface area contributed by atoms with Gasteiger partial charge < -0.3 is 34.7 Å². The number of piperidine rings is 2. The fraction of sp³-hybridized carbons (Fsp3) is 0.294. The Kier molecular flexibility index (Phi) is 18.7. The van der Waals surface area contributed by atoms with E-state index in [9.17, 15) is 14.0 Å². The first-order valence-corrected chi connectivity index (χ1v) is 21.7. The minimum atomic E-state index is -1.49. The number of rotatable bonds is 10. The largest absolute Gasteiger partial charge is 0.625 e. The highest BCUT2D eigenvalue weighted by molar-refractivity contribution is 6.54. The van der Waals surface area contributed by atoms with Crippen molar-refractivity contribution in [2.45, 2.75) is 64.2 Å². The van der Waals surface area contributed by atoms with Gasteiger partial charge in [-0.3, -0.25) is 9.18 Å². The number of aromatic carboxylic acids is 1. The molecule has 0 aliphatic carbocycles. The summed E-state index contributed by atoms with van der Waals surface area (Å²) >= 11 is 0. The average molecular weight is 854 g/mol. The van der Waals surface area contributed by atoms with Crippen molar-refractivity contribution in [1.29, 1.82) is 0 Å². The Balaban J connectivity index is 0.000000183. The normalized spacial score (nSPS) is 15.0. The van der Waals surface area contributed by atoms with E-state index in [0.29, 0.717) is 23.0 Å². The van der Waals surface area contributed by atoms with Crippen LogP contribution in [0, 0.1) is 0 Å². The van der Waals surface area contributed by atoms with Gasteiger partial charge in [-0.25, -0.2) is 4.79 Å². The van der Waals surface area contributed by atoms with Crippen molar-refractivity contribution in [3.63, 3.8) is 0 Å². The van der Waals surface area contributed by atoms with E-state index in [1.54, 1.807) is 48.0 Å². The topological polar surface area (TPSA) is 129 Å². The number of carboxylic acid groups (broad SMARTS) is 1. The Morgan fingerprint density at radius 3 is 1.79 bits per heavy atom. The van der Waals surface area contributed by atoms with E-state index in [2.05, 4.69) is 67.7 Å². The lowest BCUT2D eigenvalue weighted by Gasteiger charge is -2.32. The van der Waals surface area contributed by atoms with Crippen molar-refractivity contribution in [3.8, 4) is 11.5 Å². The average Bonchev–Trinajstić information content (AvgIpc) is 3.77. The molecule has 0 aromatic heterocycles. The maximum absolute atomic E-state index is 12.8. The summed E-state index contributed by atoms with van der Waals surface area (Å²) in [6.07, 6.45) is 10.1. The van der Waals surface area contributed by atoms with Gasteiger partial charge in [-0.2, -0.15) is 0 Å². The minimum absolute atomic E-state index is 0.0376. The molecule has 1 amide bonds. The van der Waals surface area contributed by atoms with Gasteiger partial charge in [0.15, 0.2) is 0 Å². The predicted molar refractivity (Wildman–Crippen MR) is 253 cm³/mol. The van der Waals surface area contributed by atoms with Gasteiger partial charge in [0.1, 0.15) is 11.5 Å². The Hall–Kier alpha value is -5.94. The number of nitrogens with zero attached hydrogens (tertiary/aromatic N) is 1. The van der Waals surface area contributed by atoms with Crippen molar-refractivity contribution in [2.24, 2.45) is 0 Å². The van der Waals surface area contributed by atoms with Crippen LogP contribution in [0.15, 0.2) is 133 Å². The summed E-state index contributed by atoms with van der Waals surface area (Å²) in [4.78, 5) is 25.6. The zero-order valence-corrected chi connectivity index (χ0v) is 36.2. The fourth-order valence-electron chi connectivity index (χ4n) is 7.82. The van der Waals surface area contributed by atoms with Gasteiger partial charge in [0.05, 0.1) is 14.1 Å². The molecule has 0 bridgehead atoms. The second kappa shape index (κ2) is 25.2. The van der Waals surface area contributed by atoms with E-state index >= 15 is 0 Å². The summed E-state index contributed by atoms with van der Waals surface area (Å²) < 4.78 is 26.7. The lowest BCUT2D eigenvalue weighted by atomic mass is 9.88. The molecule has 2 fully saturated rings. The van der Waals surface area contributed by atoms with Crippen LogP contribution in [0.1, 0.15) is 107 Å². The van der Waals surface area contributed by atoms with Crippen LogP contribution >= 0.6 is 0 Å². The van der Waals surface area contributed by atoms with Crippen molar-refractivity contribution in [2.75, 3.05) is 33.3 Å². The molecule has 3 aliphatic rings. The summed E-state index contributed by atoms with van der Waals surface area (Å²) in [5, 5.41) is 30.2. The van der Waals surface area contributed by atoms with Gasteiger partial charge in [0.2, 0.25) is 0 Å². The maximum Gasteiger partial charge on any atom is 0.625 e. The molecule has 4 N–H and O–H groups in total. The number of aryl methyl sites for hydroxylation is 2. The number of alkyl halides is 1. The second-order valence-corrected chi connectivity index (χ2v) is 15.5. The number of nitrogens with one attached hydrogen (secondary N) is 1. The Morgan fingerprint density at radius 2 is 1.25 bits per heavy atom. The second-order valence-electron chi connectivity index (χ2n) is 15.5. The van der Waals surface area contributed by atoms with Crippen LogP contribution in [-0.2, 0) is 12.8 Å². The summed E-state index contributed by atoms with van der Waals surface area (Å²) in [7, 11) is -2.98. The van der Waals surface area contributed by atoms with E-state index in [4.69, 9.17) is 25.8 Å². The number of amides is 1. The molecule has 3 aliphatic heterocycles. The van der Waals surface area contributed by atoms with Gasteiger partial charge in [-0.15, -0.1) is 0 Å². The van der Waals surface area contributed by atoms with Gasteiger partial charge in [0.25, 0.3) is 5.91 Å². The van der Waals surface area contributed by atoms with Crippen molar-refractivity contribution in [3.05, 3.63) is 178 Å². The molecule has 3 heterocycles. The molecule has 9 nitrogen and oxygen atoms in total. The monoisotopic (exact) mass is 853 g/mol. The third kappa shape index (κ3) is 14.8. The third-order valence-corrected chi connectivity index (χ3v) is 11.3. The van der Waals surface area contributed by atoms with E-state index < -0.39 is 27.4 Å². The highest BCUT2D eigenvalue weighted by Gasteiger charge is 2.29. The SMILES string of the molecule is CCc1cccc(C2CCN(C(=O)c3cccc(/C=C/B(O)O)c3)CC2)c1.CCc1cccc(C2CCNCC2)c1.O=C(O)c1cccc(/C=C/B2Oc3ccccc3O2)c1.[2H]CF. The van der Waals surface area contributed by atoms with Crippen LogP contribution in [-0.4, -0.2) is 79.5 Å². The number of fused-ring (bicyclic) bond motifs is 1. The van der Waals surface area contributed by atoms with Crippen molar-refractivity contribution < 1.29 is 39.8 Å². The summed E-state index contributed by atoms with van der Waals surface area (Å²) in [5.74, 6) is 4.85. The molecule has 0 unspecified atom stereocenters. The molecule has 5 aromatic rings. The molecule has 63 heavy (non-hydrogen) atoms. The number of likely N-dealkylation sites (tertiary alicyclic amines) is 1. The molecule has 2 saturated heterocycles. The van der Waals surface area contributed by atoms with Crippen LogP contribution in [0.2, 0.25) is 0 Å². The molecule has 8 rings (SSSR count). The van der Waals surface area contributed by atoms with E-state index in [0.717, 1.165) is 55.8 Å². The number of hydrogen-bond donors (Lipinski definition) is 4. The van der Waals surface area contributed by atoms with E-state index in [1.165, 1.54) is 48.6 Å². The Morgan fingerprint density at radius 1 is 0.746 bits per heavy atom. The first-order valence-electron chi connectivity index (χ1n) is 22.4. The lowest BCUT2D eigenvalue weighted by molar-refractivity contribution is 0.0693. The molecular formula is C51H59B2FN2O7. The molecule has 0 atom stereocenters. The van der Waals surface area contributed by atoms with Crippen LogP contribution in [0.5, 0.6) is 11.5 Å². The summed E-state index contributed by atoms with van der Waals surface area (Å²) in [6, 6.07) is 39.3. The van der Waals surface area contributed by atoms with Crippen LogP contribution in [0.25, 0.3) is 12.2 Å². The fourth-order valence-corrected chi connectivity index (χ4v) is 7.82. The number of halogens is 1. The quantitative estimate of drug-likeness (QED) is 0.102. The predicted octanol–water partition coefficient (Wildman–Crippen LogP) is 9.49. The first-order chi connectivity index (χ1) is 31.1. The van der Waals surface area contributed by atoms with Crippen LogP contribution in [0.3, 0.4) is 0 Å². The minimum Gasteiger partial charge on any atom is -0.520 e. The van der Waals surface area contributed by atoms with E-state index in [1.807, 2.05) is 53.4 Å². The number of carbonyl (C=O) groups is 2. The van der Waals surface area contributed by atoms with Crippen molar-refractivity contribution >= 4 is 38.3 Å². The maximum atomic E-state index is 12.8. The zero-order valence-electron chi connectivity index (χ0n) is 37.2. The zero-order chi connectivity index (χ0) is 45.7. The highest BCUT2D eigenvalue weighted by Crippen LogP contribution is 2.33. The molecule has 5 aromatic carbocycles. The summed E-state index contributed by atoms with van der Waals surface area (Å²) in [5.41, 5.74) is 8.22. The number of benzene rings is 5. The Labute approximate surface area is 374 Å². The van der Waals surface area contributed by atoms with Gasteiger partial charge in [-0.05, 0) is 139 Å². The molecule has 328 valence electrons. The molecular weight excluding hydrogens is 793 g/mol. The number of carboxylic acids is 1. The molecule has 12 heteroatoms. The standard InChI is InChI=1S/C22H26BNO3.C15H11BO4.C13H19N.CH3F/c1-2-17-5-3-7-20(15-17)19-10-13-24(14-11-19)22(25)21-8-4-6-18(16-21)9-12-23(26)27;17-15(18)12-5-3-4-11(10-12)8-9-16-19-13-6-1-2-7-14(13)20-16;1-2-11-4-3-5-13(10-11)12-6-8-14-9-7-12;1-2/h3-9,12,15-16,19,26-27H,2,10-11,13-14H2,1H3;1-10H,(H,17,18);3-5,10,12,14H,2,6-9H2,1H3;1H3/b12-9+;9-8+;;/i;;;1D. The number of carbonyl (C=O) groups excluding carboxylic acids is 1. The molecule has 0 spiro atoms. The molecule has 0 saturated carbocycles. The van der Waals surface area contributed by atoms with Crippen molar-refractivity contribution in [1.82, 2.24) is 10.2 Å². The van der Waals surface area contributed by atoms with E-state index in [-0.39, 0.29) is 11.5 Å². The van der Waals surface area contributed by atoms with Gasteiger partial charge in [0, 0.05) is 18.7 Å². The smallest absolute Gasteiger partial charge is 0.520 e. The summed E-state index contributed by atoms with van der Waals surface area (Å²) in [6.45, 7) is 8.28. The molecule has 0 radical (unpaired) electrons. The van der Waals surface area contributed by atoms with Gasteiger partial charge in [-0.1, -0.05) is 117 Å². The first kappa shape index (κ1) is 46.6. The number of hydrogen-bond acceptors (Lipinski definition) is 7. The highest BCUT2D eigenvalue weighted by atomic mass is 19.1. The number of para-hydroxylation sites is 2. The Bertz CT molecular complexity index is 2270. The van der Waals surface area contributed by atoms with Crippen LogP contribution < -0.4 is 14.6 Å². The third-order valence-electron chi connectivity index (χ3n) is 11.3. The van der Waals surface area contributed by atoms with Crippen LogP contribution in [0.4, 0.5) is 4.39 Å². The van der Waals surface area contributed by atoms with Gasteiger partial charge >= 0.3 is 20.2 Å².